The largest absolute Gasteiger partial charge is 0.398 e. The first-order chi connectivity index (χ1) is 8.66. The zero-order chi connectivity index (χ0) is 12.7. The van der Waals surface area contributed by atoms with E-state index in [9.17, 15) is 4.39 Å². The van der Waals surface area contributed by atoms with Crippen LogP contribution in [0.15, 0.2) is 16.6 Å². The number of anilines is 1. The van der Waals surface area contributed by atoms with Gasteiger partial charge in [0, 0.05) is 21.2 Å². The summed E-state index contributed by atoms with van der Waals surface area (Å²) in [6.07, 6.45) is 5.31. The zero-order valence-corrected chi connectivity index (χ0v) is 11.6. The Kier molecular flexibility index (Phi) is 2.98. The molecule has 3 rings (SSSR count). The van der Waals surface area contributed by atoms with Crippen LogP contribution in [-0.2, 0) is 12.8 Å². The van der Waals surface area contributed by atoms with Gasteiger partial charge in [0.15, 0.2) is 5.82 Å². The molecule has 1 aliphatic rings. The van der Waals surface area contributed by atoms with Crippen molar-refractivity contribution in [1.29, 1.82) is 0 Å². The SMILES string of the molecule is Nc1c2c(nc3c(F)cc(Br)cc13)CCCCC2. The van der Waals surface area contributed by atoms with Crippen molar-refractivity contribution in [1.82, 2.24) is 4.98 Å². The van der Waals surface area contributed by atoms with Gasteiger partial charge in [0.25, 0.3) is 0 Å². The minimum absolute atomic E-state index is 0.307. The van der Waals surface area contributed by atoms with Gasteiger partial charge in [-0.25, -0.2) is 9.37 Å². The average molecular weight is 309 g/mol. The summed E-state index contributed by atoms with van der Waals surface area (Å²) in [5.41, 5.74) is 9.43. The summed E-state index contributed by atoms with van der Waals surface area (Å²) in [6, 6.07) is 3.30. The molecule has 0 spiro atoms. The van der Waals surface area contributed by atoms with Crippen LogP contribution in [0, 0.1) is 5.82 Å². The highest BCUT2D eigenvalue weighted by Gasteiger charge is 2.17. The number of pyridine rings is 1. The smallest absolute Gasteiger partial charge is 0.150 e. The predicted octanol–water partition coefficient (Wildman–Crippen LogP) is 3.99. The van der Waals surface area contributed by atoms with Gasteiger partial charge in [-0.15, -0.1) is 0 Å². The lowest BCUT2D eigenvalue weighted by Crippen LogP contribution is -2.04. The number of nitrogens with two attached hydrogens (primary N) is 1. The molecule has 94 valence electrons. The van der Waals surface area contributed by atoms with Crippen molar-refractivity contribution in [3.8, 4) is 0 Å². The lowest BCUT2D eigenvalue weighted by molar-refractivity contribution is 0.635. The fourth-order valence-electron chi connectivity index (χ4n) is 2.66. The summed E-state index contributed by atoms with van der Waals surface area (Å²) >= 11 is 3.31. The molecular weight excluding hydrogens is 295 g/mol. The highest BCUT2D eigenvalue weighted by atomic mass is 79.9. The Morgan fingerprint density at radius 1 is 1.17 bits per heavy atom. The van der Waals surface area contributed by atoms with Gasteiger partial charge in [0.2, 0.25) is 0 Å². The molecule has 0 saturated heterocycles. The number of aryl methyl sites for hydroxylation is 1. The molecule has 0 aliphatic heterocycles. The normalized spacial score (nSPS) is 15.4. The lowest BCUT2D eigenvalue weighted by Gasteiger charge is -2.12. The summed E-state index contributed by atoms with van der Waals surface area (Å²) in [7, 11) is 0. The molecule has 4 heteroatoms. The van der Waals surface area contributed by atoms with Gasteiger partial charge in [-0.3, -0.25) is 0 Å². The number of hydrogen-bond donors (Lipinski definition) is 1. The van der Waals surface area contributed by atoms with Crippen molar-refractivity contribution in [2.45, 2.75) is 32.1 Å². The maximum atomic E-state index is 14.0. The monoisotopic (exact) mass is 308 g/mol. The van der Waals surface area contributed by atoms with Crippen LogP contribution in [-0.4, -0.2) is 4.98 Å². The zero-order valence-electron chi connectivity index (χ0n) is 9.97. The first kappa shape index (κ1) is 11.9. The standard InChI is InChI=1S/C14H14BrFN2/c15-8-6-10-13(17)9-4-2-1-3-5-12(9)18-14(10)11(16)7-8/h6-7H,1-5H2,(H2,17,18). The van der Waals surface area contributed by atoms with Crippen molar-refractivity contribution >= 4 is 32.5 Å². The molecule has 0 unspecified atom stereocenters. The molecule has 1 heterocycles. The quantitative estimate of drug-likeness (QED) is 0.747. The molecule has 0 fully saturated rings. The van der Waals surface area contributed by atoms with Crippen molar-refractivity contribution in [3.63, 3.8) is 0 Å². The van der Waals surface area contributed by atoms with Crippen LogP contribution < -0.4 is 5.73 Å². The number of halogens is 2. The Labute approximate surface area is 114 Å². The second-order valence-corrected chi connectivity index (χ2v) is 5.71. The molecule has 0 saturated carbocycles. The fourth-order valence-corrected chi connectivity index (χ4v) is 3.09. The molecule has 1 aromatic heterocycles. The van der Waals surface area contributed by atoms with E-state index in [1.54, 1.807) is 0 Å². The number of rotatable bonds is 0. The summed E-state index contributed by atoms with van der Waals surface area (Å²) in [4.78, 5) is 4.50. The van der Waals surface area contributed by atoms with Crippen LogP contribution in [0.3, 0.4) is 0 Å². The van der Waals surface area contributed by atoms with E-state index in [1.165, 1.54) is 12.5 Å². The van der Waals surface area contributed by atoms with Crippen LogP contribution >= 0.6 is 15.9 Å². The van der Waals surface area contributed by atoms with E-state index in [-0.39, 0.29) is 5.82 Å². The summed E-state index contributed by atoms with van der Waals surface area (Å²) in [5, 5.41) is 0.725. The Morgan fingerprint density at radius 2 is 1.94 bits per heavy atom. The van der Waals surface area contributed by atoms with Gasteiger partial charge in [-0.2, -0.15) is 0 Å². The third-order valence-electron chi connectivity index (χ3n) is 3.58. The van der Waals surface area contributed by atoms with Gasteiger partial charge in [-0.05, 0) is 43.4 Å². The number of fused-ring (bicyclic) bond motifs is 2. The second kappa shape index (κ2) is 4.50. The van der Waals surface area contributed by atoms with E-state index < -0.39 is 0 Å². The maximum absolute atomic E-state index is 14.0. The molecule has 0 amide bonds. The predicted molar refractivity (Wildman–Crippen MR) is 75.1 cm³/mol. The highest BCUT2D eigenvalue weighted by molar-refractivity contribution is 9.10. The van der Waals surface area contributed by atoms with Crippen LogP contribution in [0.2, 0.25) is 0 Å². The van der Waals surface area contributed by atoms with Crippen LogP contribution in [0.4, 0.5) is 10.1 Å². The van der Waals surface area contributed by atoms with Gasteiger partial charge >= 0.3 is 0 Å². The highest BCUT2D eigenvalue weighted by Crippen LogP contribution is 2.33. The van der Waals surface area contributed by atoms with Crippen molar-refractivity contribution in [2.24, 2.45) is 0 Å². The molecule has 18 heavy (non-hydrogen) atoms. The number of hydrogen-bond acceptors (Lipinski definition) is 2. The fraction of sp³-hybridized carbons (Fsp3) is 0.357. The molecule has 1 aliphatic carbocycles. The number of aromatic nitrogens is 1. The van der Waals surface area contributed by atoms with Crippen LogP contribution in [0.25, 0.3) is 10.9 Å². The van der Waals surface area contributed by atoms with Crippen molar-refractivity contribution in [3.05, 3.63) is 33.7 Å². The molecular formula is C14H14BrFN2. The number of benzene rings is 1. The van der Waals surface area contributed by atoms with E-state index in [0.717, 1.165) is 42.3 Å². The third kappa shape index (κ3) is 1.88. The Balaban J connectivity index is 2.34. The Bertz CT molecular complexity index is 625. The number of nitrogen functional groups attached to an aromatic ring is 1. The minimum atomic E-state index is -0.307. The molecule has 2 nitrogen and oxygen atoms in total. The first-order valence-electron chi connectivity index (χ1n) is 6.23. The molecule has 2 N–H and O–H groups in total. The topological polar surface area (TPSA) is 38.9 Å². The Hall–Kier alpha value is -1.16. The minimum Gasteiger partial charge on any atom is -0.398 e. The van der Waals surface area contributed by atoms with Gasteiger partial charge in [-0.1, -0.05) is 22.4 Å². The van der Waals surface area contributed by atoms with Gasteiger partial charge in [0.1, 0.15) is 5.52 Å². The van der Waals surface area contributed by atoms with E-state index in [4.69, 9.17) is 5.73 Å². The van der Waals surface area contributed by atoms with E-state index >= 15 is 0 Å². The maximum Gasteiger partial charge on any atom is 0.150 e. The van der Waals surface area contributed by atoms with Crippen molar-refractivity contribution < 1.29 is 4.39 Å². The average Bonchev–Trinajstić information content (AvgIpc) is 2.56. The summed E-state index contributed by atoms with van der Waals surface area (Å²) in [5.74, 6) is -0.307. The van der Waals surface area contributed by atoms with Gasteiger partial charge < -0.3 is 5.73 Å². The molecule has 1 aromatic carbocycles. The van der Waals surface area contributed by atoms with Gasteiger partial charge in [0.05, 0.1) is 0 Å². The second-order valence-electron chi connectivity index (χ2n) is 4.80. The van der Waals surface area contributed by atoms with E-state index in [2.05, 4.69) is 20.9 Å². The van der Waals surface area contributed by atoms with Crippen molar-refractivity contribution in [2.75, 3.05) is 5.73 Å². The summed E-state index contributed by atoms with van der Waals surface area (Å²) in [6.45, 7) is 0. The third-order valence-corrected chi connectivity index (χ3v) is 4.04. The first-order valence-corrected chi connectivity index (χ1v) is 7.02. The molecule has 2 aromatic rings. The van der Waals surface area contributed by atoms with Crippen LogP contribution in [0.1, 0.15) is 30.5 Å². The Morgan fingerprint density at radius 3 is 2.78 bits per heavy atom. The summed E-state index contributed by atoms with van der Waals surface area (Å²) < 4.78 is 14.7. The molecule has 0 radical (unpaired) electrons. The lowest BCUT2D eigenvalue weighted by atomic mass is 10.0. The van der Waals surface area contributed by atoms with E-state index in [0.29, 0.717) is 15.7 Å². The van der Waals surface area contributed by atoms with Crippen LogP contribution in [0.5, 0.6) is 0 Å². The molecule has 0 bridgehead atoms. The number of nitrogens with zero attached hydrogens (tertiary/aromatic N) is 1. The molecule has 0 atom stereocenters. The van der Waals surface area contributed by atoms with E-state index in [1.807, 2.05) is 6.07 Å².